The molecule has 0 aromatic heterocycles. The van der Waals surface area contributed by atoms with Gasteiger partial charge in [0.25, 0.3) is 0 Å². The molecular weight excluding hydrogens is 246 g/mol. The van der Waals surface area contributed by atoms with Crippen molar-refractivity contribution in [3.8, 4) is 12.3 Å². The number of carbonyl (C=O) groups is 1. The van der Waals surface area contributed by atoms with Crippen LogP contribution >= 0.6 is 0 Å². The van der Waals surface area contributed by atoms with Crippen LogP contribution in [0.1, 0.15) is 52.4 Å². The lowest BCUT2D eigenvalue weighted by Crippen LogP contribution is -2.59. The number of hydrogen-bond donors (Lipinski definition) is 0. The van der Waals surface area contributed by atoms with Crippen molar-refractivity contribution in [1.29, 1.82) is 0 Å². The van der Waals surface area contributed by atoms with Crippen LogP contribution in [0.3, 0.4) is 0 Å². The van der Waals surface area contributed by atoms with Crippen LogP contribution in [0.15, 0.2) is 0 Å². The van der Waals surface area contributed by atoms with E-state index in [4.69, 9.17) is 6.42 Å². The van der Waals surface area contributed by atoms with Crippen LogP contribution in [-0.4, -0.2) is 24.4 Å². The minimum atomic E-state index is -0.0834. The Labute approximate surface area is 123 Å². The van der Waals surface area contributed by atoms with Crippen LogP contribution in [-0.2, 0) is 4.79 Å². The Balaban J connectivity index is 1.91. The fraction of sp³-hybridized carbons (Fsp3) is 0.833. The smallest absolute Gasteiger partial charge is 0.229 e. The summed E-state index contributed by atoms with van der Waals surface area (Å²) in [5, 5.41) is 0. The molecule has 4 aliphatic carbocycles. The second kappa shape index (κ2) is 4.52. The van der Waals surface area contributed by atoms with Crippen molar-refractivity contribution in [2.45, 2.75) is 52.4 Å². The first-order valence-corrected chi connectivity index (χ1v) is 8.10. The minimum Gasteiger partial charge on any atom is -0.334 e. The number of nitrogens with zero attached hydrogens (tertiary/aromatic N) is 1. The number of hydrogen-bond acceptors (Lipinski definition) is 1. The topological polar surface area (TPSA) is 20.3 Å². The molecule has 0 aliphatic heterocycles. The second-order valence-electron chi connectivity index (χ2n) is 8.12. The SMILES string of the molecule is C#CCN(C)C(=O)C12C[C@H]3C[C@@H](C1)CC(C(C)C)(C3)C2. The summed E-state index contributed by atoms with van der Waals surface area (Å²) in [6.45, 7) is 5.16. The first-order chi connectivity index (χ1) is 9.41. The lowest BCUT2D eigenvalue weighted by Gasteiger charge is -2.63. The third kappa shape index (κ3) is 1.90. The Kier molecular flexibility index (Phi) is 3.16. The fourth-order valence-corrected chi connectivity index (χ4v) is 5.87. The van der Waals surface area contributed by atoms with Gasteiger partial charge >= 0.3 is 0 Å². The molecule has 4 atom stereocenters. The highest BCUT2D eigenvalue weighted by molar-refractivity contribution is 5.83. The molecule has 4 bridgehead atoms. The van der Waals surface area contributed by atoms with Gasteiger partial charge in [0.2, 0.25) is 5.91 Å². The van der Waals surface area contributed by atoms with E-state index in [1.54, 1.807) is 4.90 Å². The summed E-state index contributed by atoms with van der Waals surface area (Å²) in [5.74, 6) is 5.20. The molecule has 0 aromatic rings. The van der Waals surface area contributed by atoms with E-state index in [1.807, 2.05) is 7.05 Å². The maximum absolute atomic E-state index is 13.0. The molecule has 20 heavy (non-hydrogen) atoms. The summed E-state index contributed by atoms with van der Waals surface area (Å²) in [7, 11) is 1.88. The van der Waals surface area contributed by atoms with Gasteiger partial charge in [-0.25, -0.2) is 0 Å². The predicted molar refractivity (Wildman–Crippen MR) is 80.9 cm³/mol. The van der Waals surface area contributed by atoms with Gasteiger partial charge in [-0.15, -0.1) is 6.42 Å². The van der Waals surface area contributed by atoms with E-state index in [9.17, 15) is 4.79 Å². The number of carbonyl (C=O) groups excluding carboxylic acids is 1. The molecule has 4 aliphatic rings. The van der Waals surface area contributed by atoms with Crippen molar-refractivity contribution in [3.05, 3.63) is 0 Å². The first kappa shape index (κ1) is 14.0. The maximum atomic E-state index is 13.0. The van der Waals surface area contributed by atoms with Gasteiger partial charge in [0.15, 0.2) is 0 Å². The largest absolute Gasteiger partial charge is 0.334 e. The van der Waals surface area contributed by atoms with Gasteiger partial charge in [-0.05, 0) is 61.7 Å². The van der Waals surface area contributed by atoms with Crippen LogP contribution in [0.5, 0.6) is 0 Å². The lowest BCUT2D eigenvalue weighted by molar-refractivity contribution is -0.171. The highest BCUT2D eigenvalue weighted by Gasteiger charge is 2.61. The molecule has 2 nitrogen and oxygen atoms in total. The average molecular weight is 273 g/mol. The molecule has 2 unspecified atom stereocenters. The molecule has 0 saturated heterocycles. The van der Waals surface area contributed by atoms with Crippen molar-refractivity contribution >= 4 is 5.91 Å². The van der Waals surface area contributed by atoms with Gasteiger partial charge in [0, 0.05) is 7.05 Å². The minimum absolute atomic E-state index is 0.0834. The highest BCUT2D eigenvalue weighted by atomic mass is 16.2. The van der Waals surface area contributed by atoms with Gasteiger partial charge in [-0.1, -0.05) is 19.8 Å². The number of terminal acetylenes is 1. The van der Waals surface area contributed by atoms with Crippen molar-refractivity contribution in [2.75, 3.05) is 13.6 Å². The van der Waals surface area contributed by atoms with Gasteiger partial charge in [-0.2, -0.15) is 0 Å². The van der Waals surface area contributed by atoms with Crippen molar-refractivity contribution in [1.82, 2.24) is 4.90 Å². The Hall–Kier alpha value is -0.970. The molecule has 4 saturated carbocycles. The molecule has 2 heteroatoms. The zero-order valence-electron chi connectivity index (χ0n) is 13.1. The molecule has 0 radical (unpaired) electrons. The molecule has 4 rings (SSSR count). The summed E-state index contributed by atoms with van der Waals surface area (Å²) >= 11 is 0. The Morgan fingerprint density at radius 1 is 1.30 bits per heavy atom. The highest BCUT2D eigenvalue weighted by Crippen LogP contribution is 2.67. The van der Waals surface area contributed by atoms with Gasteiger partial charge in [-0.3, -0.25) is 4.79 Å². The summed E-state index contributed by atoms with van der Waals surface area (Å²) in [6.07, 6.45) is 12.8. The first-order valence-electron chi connectivity index (χ1n) is 8.10. The van der Waals surface area contributed by atoms with Gasteiger partial charge in [0.05, 0.1) is 12.0 Å². The standard InChI is InChI=1S/C18H27NO/c1-5-6-19(4)16(20)18-10-14-7-15(11-18)9-17(8-14,12-18)13(2)3/h1,13-15H,6-12H2,2-4H3/t14-,15+,17?,18?. The third-order valence-corrected chi connectivity index (χ3v) is 6.46. The number of rotatable bonds is 3. The van der Waals surface area contributed by atoms with E-state index in [0.717, 1.165) is 31.1 Å². The summed E-state index contributed by atoms with van der Waals surface area (Å²) < 4.78 is 0. The molecule has 0 N–H and O–H groups in total. The normalized spacial score (nSPS) is 41.8. The van der Waals surface area contributed by atoms with Gasteiger partial charge < -0.3 is 4.90 Å². The quantitative estimate of drug-likeness (QED) is 0.722. The molecular formula is C18H27NO. The van der Waals surface area contributed by atoms with E-state index in [1.165, 1.54) is 19.3 Å². The molecule has 1 amide bonds. The van der Waals surface area contributed by atoms with E-state index in [-0.39, 0.29) is 5.41 Å². The summed E-state index contributed by atoms with van der Waals surface area (Å²) in [4.78, 5) is 14.8. The van der Waals surface area contributed by atoms with Gasteiger partial charge in [0.1, 0.15) is 0 Å². The molecule has 110 valence electrons. The van der Waals surface area contributed by atoms with E-state index in [2.05, 4.69) is 19.8 Å². The summed E-state index contributed by atoms with van der Waals surface area (Å²) in [5.41, 5.74) is 0.344. The molecule has 4 fully saturated rings. The van der Waals surface area contributed by atoms with Crippen LogP contribution in [0.25, 0.3) is 0 Å². The van der Waals surface area contributed by atoms with E-state index < -0.39 is 0 Å². The molecule has 0 aromatic carbocycles. The van der Waals surface area contributed by atoms with Crippen molar-refractivity contribution in [2.24, 2.45) is 28.6 Å². The zero-order valence-corrected chi connectivity index (χ0v) is 13.1. The monoisotopic (exact) mass is 273 g/mol. The fourth-order valence-electron chi connectivity index (χ4n) is 5.87. The van der Waals surface area contributed by atoms with Crippen molar-refractivity contribution < 1.29 is 4.79 Å². The van der Waals surface area contributed by atoms with Crippen LogP contribution in [0.2, 0.25) is 0 Å². The average Bonchev–Trinajstić information content (AvgIpc) is 2.36. The van der Waals surface area contributed by atoms with Crippen LogP contribution in [0.4, 0.5) is 0 Å². The lowest BCUT2D eigenvalue weighted by atomic mass is 9.42. The second-order valence-corrected chi connectivity index (χ2v) is 8.12. The van der Waals surface area contributed by atoms with Crippen LogP contribution < -0.4 is 0 Å². The maximum Gasteiger partial charge on any atom is 0.229 e. The molecule has 0 heterocycles. The van der Waals surface area contributed by atoms with Crippen molar-refractivity contribution in [3.63, 3.8) is 0 Å². The third-order valence-electron chi connectivity index (χ3n) is 6.46. The Morgan fingerprint density at radius 3 is 2.40 bits per heavy atom. The Bertz CT molecular complexity index is 445. The van der Waals surface area contributed by atoms with E-state index >= 15 is 0 Å². The summed E-state index contributed by atoms with van der Waals surface area (Å²) in [6, 6.07) is 0. The molecule has 0 spiro atoms. The Morgan fingerprint density at radius 2 is 1.90 bits per heavy atom. The number of amides is 1. The zero-order chi connectivity index (χ0) is 14.5. The van der Waals surface area contributed by atoms with E-state index in [0.29, 0.717) is 23.8 Å². The predicted octanol–water partition coefficient (Wildman–Crippen LogP) is 3.32. The van der Waals surface area contributed by atoms with Crippen LogP contribution in [0, 0.1) is 40.9 Å².